The fraction of sp³-hybridized carbons (Fsp3) is 0.273. The van der Waals surface area contributed by atoms with Gasteiger partial charge in [0.25, 0.3) is 0 Å². The van der Waals surface area contributed by atoms with Crippen molar-refractivity contribution in [3.05, 3.63) is 41.0 Å². The topological polar surface area (TPSA) is 0 Å². The largest absolute Gasteiger partial charge is 0.417 e. The Kier molecular flexibility index (Phi) is 4.32. The quantitative estimate of drug-likeness (QED) is 0.532. The molecule has 0 saturated carbocycles. The van der Waals surface area contributed by atoms with Crippen molar-refractivity contribution in [3.8, 4) is 0 Å². The number of benzene rings is 1. The van der Waals surface area contributed by atoms with Gasteiger partial charge in [-0.2, -0.15) is 26.3 Å². The number of alkyl halides is 7. The Balaban J connectivity index is 3.50. The van der Waals surface area contributed by atoms with E-state index in [1.807, 2.05) is 0 Å². The molecule has 0 saturated heterocycles. The summed E-state index contributed by atoms with van der Waals surface area (Å²) in [6.45, 7) is 0. The zero-order valence-corrected chi connectivity index (χ0v) is 9.50. The molecule has 0 aliphatic heterocycles. The number of hydrogen-bond acceptors (Lipinski definition) is 0. The van der Waals surface area contributed by atoms with Crippen LogP contribution in [-0.2, 0) is 12.4 Å². The normalized spacial score (nSPS) is 13.3. The Labute approximate surface area is 104 Å². The van der Waals surface area contributed by atoms with E-state index in [-0.39, 0.29) is 5.88 Å². The van der Waals surface area contributed by atoms with Crippen molar-refractivity contribution in [1.82, 2.24) is 0 Å². The first-order valence-corrected chi connectivity index (χ1v) is 5.21. The molecule has 0 amide bonds. The van der Waals surface area contributed by atoms with E-state index >= 15 is 0 Å². The van der Waals surface area contributed by atoms with E-state index < -0.39 is 29.0 Å². The van der Waals surface area contributed by atoms with Gasteiger partial charge < -0.3 is 0 Å². The van der Waals surface area contributed by atoms with Crippen LogP contribution in [0, 0.1) is 0 Å². The van der Waals surface area contributed by atoms with Gasteiger partial charge in [-0.3, -0.25) is 0 Å². The molecule has 0 fully saturated rings. The summed E-state index contributed by atoms with van der Waals surface area (Å²) in [6.07, 6.45) is -7.94. The Morgan fingerprint density at radius 2 is 1.39 bits per heavy atom. The molecular weight excluding hydrogens is 282 g/mol. The minimum atomic E-state index is -4.85. The van der Waals surface area contributed by atoms with E-state index in [0.717, 1.165) is 18.2 Å². The number of halogens is 7. The Bertz CT molecular complexity index is 412. The highest BCUT2D eigenvalue weighted by Crippen LogP contribution is 2.39. The average Bonchev–Trinajstić information content (AvgIpc) is 2.23. The van der Waals surface area contributed by atoms with Crippen molar-refractivity contribution in [2.75, 3.05) is 5.88 Å². The monoisotopic (exact) mass is 288 g/mol. The Morgan fingerprint density at radius 1 is 0.944 bits per heavy atom. The molecule has 7 heteroatoms. The maximum atomic E-state index is 12.6. The maximum absolute atomic E-state index is 12.6. The number of allylic oxidation sites excluding steroid dienone is 1. The van der Waals surface area contributed by atoms with Gasteiger partial charge in [0.05, 0.1) is 11.1 Å². The van der Waals surface area contributed by atoms with E-state index in [0.29, 0.717) is 12.1 Å². The Hall–Kier alpha value is -1.17. The van der Waals surface area contributed by atoms with Gasteiger partial charge >= 0.3 is 12.4 Å². The molecule has 0 bridgehead atoms. The van der Waals surface area contributed by atoms with E-state index in [2.05, 4.69) is 0 Å². The highest BCUT2D eigenvalue weighted by atomic mass is 35.5. The van der Waals surface area contributed by atoms with Gasteiger partial charge in [0, 0.05) is 5.88 Å². The standard InChI is InChI=1S/C11H7ClF6/c12-6-2-3-7-8(10(13,14)15)4-1-5-9(7)11(16,17)18/h1-5H,6H2. The highest BCUT2D eigenvalue weighted by Gasteiger charge is 2.39. The van der Waals surface area contributed by atoms with Gasteiger partial charge in [-0.1, -0.05) is 18.2 Å². The molecule has 0 atom stereocenters. The predicted molar refractivity (Wildman–Crippen MR) is 56.2 cm³/mol. The lowest BCUT2D eigenvalue weighted by Gasteiger charge is -2.16. The smallest absolute Gasteiger partial charge is 0.166 e. The molecule has 0 radical (unpaired) electrons. The summed E-state index contributed by atoms with van der Waals surface area (Å²) >= 11 is 5.24. The van der Waals surface area contributed by atoms with Gasteiger partial charge in [0.1, 0.15) is 0 Å². The van der Waals surface area contributed by atoms with E-state index in [9.17, 15) is 26.3 Å². The van der Waals surface area contributed by atoms with Crippen molar-refractivity contribution in [2.24, 2.45) is 0 Å². The third-order valence-corrected chi connectivity index (χ3v) is 2.27. The van der Waals surface area contributed by atoms with Crippen LogP contribution in [0.2, 0.25) is 0 Å². The molecule has 0 N–H and O–H groups in total. The zero-order chi connectivity index (χ0) is 14.0. The lowest BCUT2D eigenvalue weighted by atomic mass is 9.99. The summed E-state index contributed by atoms with van der Waals surface area (Å²) in [6, 6.07) is 1.93. The van der Waals surface area contributed by atoms with Crippen molar-refractivity contribution in [2.45, 2.75) is 12.4 Å². The average molecular weight is 289 g/mol. The third-order valence-electron chi connectivity index (χ3n) is 2.09. The molecule has 0 aromatic heterocycles. The van der Waals surface area contributed by atoms with Crippen LogP contribution in [0.5, 0.6) is 0 Å². The van der Waals surface area contributed by atoms with E-state index in [4.69, 9.17) is 11.6 Å². The zero-order valence-electron chi connectivity index (χ0n) is 8.74. The van der Waals surface area contributed by atoms with Gasteiger partial charge in [-0.25, -0.2) is 0 Å². The predicted octanol–water partition coefficient (Wildman–Crippen LogP) is 4.98. The van der Waals surface area contributed by atoms with Gasteiger partial charge in [0.15, 0.2) is 0 Å². The fourth-order valence-corrected chi connectivity index (χ4v) is 1.49. The summed E-state index contributed by atoms with van der Waals surface area (Å²) in [7, 11) is 0. The Morgan fingerprint density at radius 3 is 1.72 bits per heavy atom. The summed E-state index contributed by atoms with van der Waals surface area (Å²) in [4.78, 5) is 0. The lowest BCUT2D eigenvalue weighted by Crippen LogP contribution is -2.14. The minimum Gasteiger partial charge on any atom is -0.166 e. The molecular formula is C11H7ClF6. The van der Waals surface area contributed by atoms with Crippen LogP contribution in [0.15, 0.2) is 24.3 Å². The molecule has 0 heterocycles. The van der Waals surface area contributed by atoms with Gasteiger partial charge in [-0.15, -0.1) is 11.6 Å². The summed E-state index contributed by atoms with van der Waals surface area (Å²) < 4.78 is 75.7. The molecule has 100 valence electrons. The first-order chi connectivity index (χ1) is 8.18. The first-order valence-electron chi connectivity index (χ1n) is 4.68. The van der Waals surface area contributed by atoms with E-state index in [1.165, 1.54) is 0 Å². The number of rotatable bonds is 2. The van der Waals surface area contributed by atoms with E-state index in [1.54, 1.807) is 0 Å². The fourth-order valence-electron chi connectivity index (χ4n) is 1.40. The van der Waals surface area contributed by atoms with Crippen molar-refractivity contribution in [3.63, 3.8) is 0 Å². The molecule has 1 aromatic carbocycles. The van der Waals surface area contributed by atoms with Crippen molar-refractivity contribution >= 4 is 17.7 Å². The molecule has 1 aromatic rings. The van der Waals surface area contributed by atoms with Crippen LogP contribution in [0.4, 0.5) is 26.3 Å². The molecule has 0 spiro atoms. The summed E-state index contributed by atoms with van der Waals surface area (Å²) in [5.41, 5.74) is -3.59. The van der Waals surface area contributed by atoms with Crippen molar-refractivity contribution in [1.29, 1.82) is 0 Å². The number of hydrogen-bond donors (Lipinski definition) is 0. The SMILES string of the molecule is FC(F)(F)c1cccc(C(F)(F)F)c1C=CCCl. The van der Waals surface area contributed by atoms with Crippen LogP contribution < -0.4 is 0 Å². The van der Waals surface area contributed by atoms with Gasteiger partial charge in [0.2, 0.25) is 0 Å². The summed E-state index contributed by atoms with van der Waals surface area (Å²) in [5.74, 6) is -0.177. The highest BCUT2D eigenvalue weighted by molar-refractivity contribution is 6.19. The molecule has 0 aliphatic carbocycles. The van der Waals surface area contributed by atoms with Crippen LogP contribution in [0.1, 0.15) is 16.7 Å². The molecule has 1 rings (SSSR count). The molecule has 0 nitrogen and oxygen atoms in total. The second kappa shape index (κ2) is 5.22. The third kappa shape index (κ3) is 3.41. The first kappa shape index (κ1) is 14.9. The lowest BCUT2D eigenvalue weighted by molar-refractivity contribution is -0.143. The molecule has 0 aliphatic rings. The second-order valence-electron chi connectivity index (χ2n) is 3.32. The van der Waals surface area contributed by atoms with Crippen LogP contribution in [0.3, 0.4) is 0 Å². The maximum Gasteiger partial charge on any atom is 0.417 e. The summed E-state index contributed by atoms with van der Waals surface area (Å²) in [5, 5.41) is 0. The minimum absolute atomic E-state index is 0.177. The van der Waals surface area contributed by atoms with Crippen LogP contribution >= 0.6 is 11.6 Å². The molecule has 18 heavy (non-hydrogen) atoms. The second-order valence-corrected chi connectivity index (χ2v) is 3.63. The van der Waals surface area contributed by atoms with Gasteiger partial charge in [-0.05, 0) is 17.7 Å². The molecule has 0 unspecified atom stereocenters. The van der Waals surface area contributed by atoms with Crippen LogP contribution in [0.25, 0.3) is 6.08 Å². The van der Waals surface area contributed by atoms with Crippen LogP contribution in [-0.4, -0.2) is 5.88 Å². The van der Waals surface area contributed by atoms with Crippen molar-refractivity contribution < 1.29 is 26.3 Å².